The molecule has 108 valence electrons. The van der Waals surface area contributed by atoms with E-state index in [-0.39, 0.29) is 5.41 Å². The minimum Gasteiger partial charge on any atom is -0.320 e. The molecule has 1 aromatic carbocycles. The molecule has 1 N–H and O–H groups in total. The molecule has 19 heavy (non-hydrogen) atoms. The van der Waals surface area contributed by atoms with Crippen LogP contribution in [0.1, 0.15) is 65.0 Å². The minimum atomic E-state index is 0.237. The summed E-state index contributed by atoms with van der Waals surface area (Å²) in [6, 6.07) is 9.25. The predicted molar refractivity (Wildman–Crippen MR) is 85.9 cm³/mol. The van der Waals surface area contributed by atoms with E-state index in [0.29, 0.717) is 11.3 Å². The maximum absolute atomic E-state index is 3.28. The number of hydrogen-bond acceptors (Lipinski definition) is 1. The molecule has 1 heteroatoms. The molecule has 0 amide bonds. The van der Waals surface area contributed by atoms with Crippen LogP contribution in [0.3, 0.4) is 0 Å². The standard InChI is InChI=1S/C18H31N/c1-17(2,3)15-10-8-14(9-11-15)16(12-13-19-7)18(4,5)6/h8-11,16,19H,12-13H2,1-7H3. The van der Waals surface area contributed by atoms with Gasteiger partial charge in [0.1, 0.15) is 0 Å². The zero-order valence-corrected chi connectivity index (χ0v) is 13.8. The van der Waals surface area contributed by atoms with E-state index in [4.69, 9.17) is 0 Å². The van der Waals surface area contributed by atoms with Crippen LogP contribution in [-0.2, 0) is 5.41 Å². The van der Waals surface area contributed by atoms with Crippen LogP contribution in [0.5, 0.6) is 0 Å². The van der Waals surface area contributed by atoms with Crippen molar-refractivity contribution in [1.82, 2.24) is 5.32 Å². The summed E-state index contributed by atoms with van der Waals surface area (Å²) in [5.41, 5.74) is 3.43. The Morgan fingerprint density at radius 2 is 1.47 bits per heavy atom. The first-order chi connectivity index (χ1) is 8.66. The lowest BCUT2D eigenvalue weighted by atomic mass is 9.74. The van der Waals surface area contributed by atoms with Crippen LogP contribution in [0.2, 0.25) is 0 Å². The van der Waals surface area contributed by atoms with E-state index in [1.807, 2.05) is 7.05 Å². The van der Waals surface area contributed by atoms with Gasteiger partial charge in [-0.05, 0) is 47.9 Å². The third kappa shape index (κ3) is 4.65. The van der Waals surface area contributed by atoms with Crippen LogP contribution >= 0.6 is 0 Å². The van der Waals surface area contributed by atoms with Crippen molar-refractivity contribution in [2.45, 2.75) is 59.3 Å². The van der Waals surface area contributed by atoms with Gasteiger partial charge in [-0.1, -0.05) is 65.8 Å². The number of rotatable bonds is 4. The summed E-state index contributed by atoms with van der Waals surface area (Å²) in [6.07, 6.45) is 1.19. The molecule has 1 atom stereocenters. The van der Waals surface area contributed by atoms with Crippen molar-refractivity contribution in [3.05, 3.63) is 35.4 Å². The van der Waals surface area contributed by atoms with Crippen molar-refractivity contribution in [1.29, 1.82) is 0 Å². The van der Waals surface area contributed by atoms with Gasteiger partial charge in [-0.3, -0.25) is 0 Å². The van der Waals surface area contributed by atoms with Crippen molar-refractivity contribution < 1.29 is 0 Å². The molecule has 0 aliphatic carbocycles. The molecule has 0 aliphatic rings. The Kier molecular flexibility index (Phi) is 5.20. The number of hydrogen-bond donors (Lipinski definition) is 1. The highest BCUT2D eigenvalue weighted by Gasteiger charge is 2.26. The van der Waals surface area contributed by atoms with E-state index in [1.165, 1.54) is 17.5 Å². The molecular formula is C18H31N. The lowest BCUT2D eigenvalue weighted by Gasteiger charge is -2.32. The molecular weight excluding hydrogens is 230 g/mol. The normalized spacial score (nSPS) is 14.5. The fraction of sp³-hybridized carbons (Fsp3) is 0.667. The predicted octanol–water partition coefficient (Wildman–Crippen LogP) is 4.72. The molecule has 1 aromatic rings. The largest absolute Gasteiger partial charge is 0.320 e. The van der Waals surface area contributed by atoms with E-state index in [2.05, 4.69) is 71.1 Å². The van der Waals surface area contributed by atoms with Gasteiger partial charge < -0.3 is 5.32 Å². The Hall–Kier alpha value is -0.820. The molecule has 1 rings (SSSR count). The van der Waals surface area contributed by atoms with E-state index in [0.717, 1.165) is 6.54 Å². The first kappa shape index (κ1) is 16.2. The molecule has 0 aliphatic heterocycles. The van der Waals surface area contributed by atoms with Gasteiger partial charge in [0.2, 0.25) is 0 Å². The monoisotopic (exact) mass is 261 g/mol. The quantitative estimate of drug-likeness (QED) is 0.826. The van der Waals surface area contributed by atoms with Gasteiger partial charge in [-0.25, -0.2) is 0 Å². The van der Waals surface area contributed by atoms with Crippen molar-refractivity contribution in [2.75, 3.05) is 13.6 Å². The van der Waals surface area contributed by atoms with Gasteiger partial charge in [-0.15, -0.1) is 0 Å². The van der Waals surface area contributed by atoms with E-state index < -0.39 is 0 Å². The first-order valence-corrected chi connectivity index (χ1v) is 7.41. The highest BCUT2D eigenvalue weighted by atomic mass is 14.8. The lowest BCUT2D eigenvalue weighted by Crippen LogP contribution is -2.23. The van der Waals surface area contributed by atoms with Crippen LogP contribution < -0.4 is 5.32 Å². The fourth-order valence-electron chi connectivity index (χ4n) is 2.60. The highest BCUT2D eigenvalue weighted by molar-refractivity contribution is 5.30. The summed E-state index contributed by atoms with van der Waals surface area (Å²) < 4.78 is 0. The van der Waals surface area contributed by atoms with Gasteiger partial charge in [0, 0.05) is 0 Å². The average Bonchev–Trinajstić information content (AvgIpc) is 2.27. The first-order valence-electron chi connectivity index (χ1n) is 7.41. The third-order valence-electron chi connectivity index (χ3n) is 3.91. The fourth-order valence-corrected chi connectivity index (χ4v) is 2.60. The summed E-state index contributed by atoms with van der Waals surface area (Å²) in [5, 5.41) is 3.28. The van der Waals surface area contributed by atoms with Crippen LogP contribution in [0.25, 0.3) is 0 Å². The van der Waals surface area contributed by atoms with Crippen LogP contribution in [0.4, 0.5) is 0 Å². The van der Waals surface area contributed by atoms with Gasteiger partial charge in [-0.2, -0.15) is 0 Å². The van der Waals surface area contributed by atoms with Gasteiger partial charge >= 0.3 is 0 Å². The molecule has 0 aromatic heterocycles. The van der Waals surface area contributed by atoms with E-state index in [9.17, 15) is 0 Å². The second-order valence-electron chi connectivity index (χ2n) is 7.68. The lowest BCUT2D eigenvalue weighted by molar-refractivity contribution is 0.303. The summed E-state index contributed by atoms with van der Waals surface area (Å²) in [5.74, 6) is 0.606. The SMILES string of the molecule is CNCCC(c1ccc(C(C)(C)C)cc1)C(C)(C)C. The van der Waals surface area contributed by atoms with Crippen molar-refractivity contribution >= 4 is 0 Å². The highest BCUT2D eigenvalue weighted by Crippen LogP contribution is 2.38. The summed E-state index contributed by atoms with van der Waals surface area (Å²) in [7, 11) is 2.03. The van der Waals surface area contributed by atoms with Crippen LogP contribution in [0, 0.1) is 5.41 Å². The Balaban J connectivity index is 2.98. The van der Waals surface area contributed by atoms with E-state index in [1.54, 1.807) is 0 Å². The second kappa shape index (κ2) is 6.09. The van der Waals surface area contributed by atoms with Crippen LogP contribution in [-0.4, -0.2) is 13.6 Å². The van der Waals surface area contributed by atoms with Gasteiger partial charge in [0.25, 0.3) is 0 Å². The maximum atomic E-state index is 3.28. The number of benzene rings is 1. The Labute approximate surface area is 119 Å². The summed E-state index contributed by atoms with van der Waals surface area (Å²) in [6.45, 7) is 14.9. The molecule has 1 nitrogen and oxygen atoms in total. The van der Waals surface area contributed by atoms with Crippen molar-refractivity contribution in [3.8, 4) is 0 Å². The van der Waals surface area contributed by atoms with Crippen LogP contribution in [0.15, 0.2) is 24.3 Å². The Bertz CT molecular complexity index is 376. The van der Waals surface area contributed by atoms with Crippen molar-refractivity contribution in [3.63, 3.8) is 0 Å². The topological polar surface area (TPSA) is 12.0 Å². The smallest absolute Gasteiger partial charge is 0.00459 e. The molecule has 0 fully saturated rings. The van der Waals surface area contributed by atoms with Gasteiger partial charge in [0.15, 0.2) is 0 Å². The Morgan fingerprint density at radius 3 is 1.84 bits per heavy atom. The van der Waals surface area contributed by atoms with Gasteiger partial charge in [0.05, 0.1) is 0 Å². The molecule has 0 saturated carbocycles. The van der Waals surface area contributed by atoms with E-state index >= 15 is 0 Å². The maximum Gasteiger partial charge on any atom is -0.00459 e. The number of nitrogens with one attached hydrogen (secondary N) is 1. The molecule has 0 saturated heterocycles. The minimum absolute atomic E-state index is 0.237. The zero-order chi connectivity index (χ0) is 14.7. The zero-order valence-electron chi connectivity index (χ0n) is 13.8. The second-order valence-corrected chi connectivity index (χ2v) is 7.68. The molecule has 0 radical (unpaired) electrons. The molecule has 0 bridgehead atoms. The van der Waals surface area contributed by atoms with Crippen molar-refractivity contribution in [2.24, 2.45) is 5.41 Å². The Morgan fingerprint density at radius 1 is 0.947 bits per heavy atom. The summed E-state index contributed by atoms with van der Waals surface area (Å²) >= 11 is 0. The molecule has 1 unspecified atom stereocenters. The molecule has 0 heterocycles. The summed E-state index contributed by atoms with van der Waals surface area (Å²) in [4.78, 5) is 0. The molecule has 0 spiro atoms. The third-order valence-corrected chi connectivity index (χ3v) is 3.91. The average molecular weight is 261 g/mol.